The lowest BCUT2D eigenvalue weighted by atomic mass is 10.0. The highest BCUT2D eigenvalue weighted by molar-refractivity contribution is 7.47. The van der Waals surface area contributed by atoms with Crippen LogP contribution >= 0.6 is 7.82 Å². The van der Waals surface area contributed by atoms with Gasteiger partial charge in [-0.1, -0.05) is 301 Å². The Morgan fingerprint density at radius 3 is 1.16 bits per heavy atom. The number of likely N-dealkylation sites (N-methyl/N-ethyl adjacent to an activating group) is 1. The zero-order valence-electron chi connectivity index (χ0n) is 53.8. The summed E-state index contributed by atoms with van der Waals surface area (Å²) in [7, 11) is 1.49. The molecular weight excluding hydrogens is 1010 g/mol. The highest BCUT2D eigenvalue weighted by atomic mass is 31.2. The van der Waals surface area contributed by atoms with Crippen LogP contribution in [-0.4, -0.2) is 74.3 Å². The van der Waals surface area contributed by atoms with E-state index in [1.54, 1.807) is 0 Å². The van der Waals surface area contributed by atoms with E-state index in [0.29, 0.717) is 23.9 Å². The van der Waals surface area contributed by atoms with Crippen molar-refractivity contribution in [2.24, 2.45) is 0 Å². The summed E-state index contributed by atoms with van der Waals surface area (Å²) in [6.07, 6.45) is 75.6. The fourth-order valence-electron chi connectivity index (χ4n) is 10.2. The maximum Gasteiger partial charge on any atom is 0.472 e. The summed E-state index contributed by atoms with van der Waals surface area (Å²) >= 11 is 0. The second kappa shape index (κ2) is 60.1. The summed E-state index contributed by atoms with van der Waals surface area (Å²) in [6, 6.07) is -0.858. The Kier molecular flexibility index (Phi) is 58.6. The van der Waals surface area contributed by atoms with Crippen LogP contribution in [0, 0.1) is 0 Å². The number of quaternary nitrogens is 1. The Hall–Kier alpha value is -2.03. The van der Waals surface area contributed by atoms with Crippen LogP contribution in [0.15, 0.2) is 48.6 Å². The molecule has 3 unspecified atom stereocenters. The van der Waals surface area contributed by atoms with E-state index in [-0.39, 0.29) is 25.1 Å². The summed E-state index contributed by atoms with van der Waals surface area (Å²) in [5.74, 6) is -0.516. The Balaban J connectivity index is 5.07. The number of carbonyl (C=O) groups is 2. The lowest BCUT2D eigenvalue weighted by Crippen LogP contribution is -2.47. The lowest BCUT2D eigenvalue weighted by molar-refractivity contribution is -0.870. The lowest BCUT2D eigenvalue weighted by Gasteiger charge is -2.27. The molecule has 0 aliphatic carbocycles. The fraction of sp³-hybridized carbons (Fsp3) is 0.857. The van der Waals surface area contributed by atoms with Gasteiger partial charge in [0.2, 0.25) is 5.91 Å². The molecule has 0 radical (unpaired) electrons. The summed E-state index contributed by atoms with van der Waals surface area (Å²) in [5, 5.41) is 3.05. The van der Waals surface area contributed by atoms with Crippen molar-refractivity contribution in [2.75, 3.05) is 40.9 Å². The van der Waals surface area contributed by atoms with Crippen LogP contribution in [0.1, 0.15) is 335 Å². The van der Waals surface area contributed by atoms with Crippen molar-refractivity contribution in [2.45, 2.75) is 348 Å². The minimum Gasteiger partial charge on any atom is -0.456 e. The van der Waals surface area contributed by atoms with Gasteiger partial charge in [0.15, 0.2) is 0 Å². The average molecular weight is 1150 g/mol. The van der Waals surface area contributed by atoms with E-state index in [2.05, 4.69) is 62.5 Å². The van der Waals surface area contributed by atoms with Crippen molar-refractivity contribution in [3.63, 3.8) is 0 Å². The quantitative estimate of drug-likeness (QED) is 0.0205. The Labute approximate surface area is 497 Å². The van der Waals surface area contributed by atoms with Crippen molar-refractivity contribution in [1.29, 1.82) is 0 Å². The van der Waals surface area contributed by atoms with Gasteiger partial charge in [0.05, 0.1) is 33.8 Å². The van der Waals surface area contributed by atoms with Crippen LogP contribution < -0.4 is 5.32 Å². The molecule has 1 amide bonds. The molecule has 0 aromatic carbocycles. The zero-order valence-corrected chi connectivity index (χ0v) is 54.7. The third-order valence-corrected chi connectivity index (χ3v) is 16.5. The first-order valence-electron chi connectivity index (χ1n) is 34.5. The molecule has 0 fully saturated rings. The predicted molar refractivity (Wildman–Crippen MR) is 346 cm³/mol. The minimum absolute atomic E-state index is 0.0368. The number of nitrogens with one attached hydrogen (secondary N) is 1. The molecule has 470 valence electrons. The molecule has 0 heterocycles. The number of amides is 1. The molecular formula is C70H134N2O7P+. The van der Waals surface area contributed by atoms with Gasteiger partial charge in [0.25, 0.3) is 0 Å². The number of carbonyl (C=O) groups excluding carboxylic acids is 2. The van der Waals surface area contributed by atoms with Crippen LogP contribution in [-0.2, 0) is 27.9 Å². The molecule has 9 nitrogen and oxygen atoms in total. The van der Waals surface area contributed by atoms with Gasteiger partial charge in [-0.05, 0) is 70.3 Å². The van der Waals surface area contributed by atoms with Gasteiger partial charge in [0.1, 0.15) is 19.3 Å². The van der Waals surface area contributed by atoms with E-state index >= 15 is 0 Å². The van der Waals surface area contributed by atoms with Crippen LogP contribution in [0.4, 0.5) is 0 Å². The van der Waals surface area contributed by atoms with E-state index in [0.717, 1.165) is 83.5 Å². The predicted octanol–water partition coefficient (Wildman–Crippen LogP) is 21.6. The van der Waals surface area contributed by atoms with E-state index in [1.807, 2.05) is 33.3 Å². The van der Waals surface area contributed by atoms with Gasteiger partial charge in [-0.2, -0.15) is 0 Å². The number of allylic oxidation sites excluding steroid dienone is 7. The molecule has 0 aliphatic heterocycles. The van der Waals surface area contributed by atoms with Crippen molar-refractivity contribution in [1.82, 2.24) is 5.32 Å². The molecule has 0 saturated carbocycles. The SMILES string of the molecule is CCCCC/C=C\C/C=C\C/C=C\CCCCCCC(=O)NC(COP(=O)(O)OCC[N+](C)(C)C)C(/C=C\CCCCCCCCCCCC)OC(=O)CCCCCCCCCCCCCCCCCCCCCCCCCCC. The number of phosphoric ester groups is 1. The van der Waals surface area contributed by atoms with Crippen LogP contribution in [0.5, 0.6) is 0 Å². The number of ether oxygens (including phenoxy) is 1. The number of phosphoric acid groups is 1. The Morgan fingerprint density at radius 2 is 0.762 bits per heavy atom. The van der Waals surface area contributed by atoms with Crippen LogP contribution in [0.2, 0.25) is 0 Å². The van der Waals surface area contributed by atoms with Gasteiger partial charge in [0, 0.05) is 12.8 Å². The largest absolute Gasteiger partial charge is 0.472 e. The standard InChI is InChI=1S/C70H133N2O7P/c1-7-10-13-16-19-22-25-28-30-32-33-34-35-36-37-38-39-41-43-45-48-51-54-57-60-63-70(74)79-68(61-58-55-52-49-46-27-24-21-18-15-12-9-3)67(66-78-80(75,76)77-65-64-72(4,5)6)71-69(73)62-59-56-53-50-47-44-42-40-31-29-26-23-20-17-14-11-8-2/h20,23,29,31,42,44,58,61,67-68H,7-19,21-22,24-28,30,32-41,43,45-57,59-60,62-66H2,1-6H3,(H-,71,73,75,76)/p+1/b23-20-,31-29-,44-42-,61-58-. The van der Waals surface area contributed by atoms with Gasteiger partial charge in [-0.3, -0.25) is 18.6 Å². The molecule has 10 heteroatoms. The Morgan fingerprint density at radius 1 is 0.438 bits per heavy atom. The first-order valence-corrected chi connectivity index (χ1v) is 36.0. The van der Waals surface area contributed by atoms with Crippen LogP contribution in [0.3, 0.4) is 0 Å². The molecule has 0 rings (SSSR count). The van der Waals surface area contributed by atoms with Gasteiger partial charge in [-0.15, -0.1) is 0 Å². The van der Waals surface area contributed by atoms with Crippen molar-refractivity contribution < 1.29 is 37.3 Å². The van der Waals surface area contributed by atoms with Gasteiger partial charge in [-0.25, -0.2) is 4.57 Å². The molecule has 0 aliphatic rings. The fourth-order valence-corrected chi connectivity index (χ4v) is 10.9. The number of nitrogens with zero attached hydrogens (tertiary/aromatic N) is 1. The molecule has 80 heavy (non-hydrogen) atoms. The summed E-state index contributed by atoms with van der Waals surface area (Å²) in [4.78, 5) is 37.8. The highest BCUT2D eigenvalue weighted by Gasteiger charge is 2.30. The average Bonchev–Trinajstić information content (AvgIpc) is 3.42. The molecule has 0 saturated heterocycles. The number of hydrogen-bond acceptors (Lipinski definition) is 6. The molecule has 3 atom stereocenters. The van der Waals surface area contributed by atoms with E-state index in [9.17, 15) is 19.0 Å². The van der Waals surface area contributed by atoms with Crippen molar-refractivity contribution in [3.8, 4) is 0 Å². The second-order valence-corrected chi connectivity index (χ2v) is 26.2. The Bertz CT molecular complexity index is 1510. The molecule has 0 spiro atoms. The summed E-state index contributed by atoms with van der Waals surface area (Å²) in [6.45, 7) is 7.01. The van der Waals surface area contributed by atoms with Crippen molar-refractivity contribution in [3.05, 3.63) is 48.6 Å². The second-order valence-electron chi connectivity index (χ2n) is 24.7. The smallest absolute Gasteiger partial charge is 0.456 e. The molecule has 2 N–H and O–H groups in total. The first kappa shape index (κ1) is 78.0. The maximum absolute atomic E-state index is 13.6. The molecule has 0 bridgehead atoms. The molecule has 0 aromatic rings. The summed E-state index contributed by atoms with van der Waals surface area (Å²) in [5.41, 5.74) is 0. The normalized spacial score (nSPS) is 13.8. The first-order chi connectivity index (χ1) is 38.9. The van der Waals surface area contributed by atoms with Gasteiger partial charge < -0.3 is 19.4 Å². The number of hydrogen-bond donors (Lipinski definition) is 2. The topological polar surface area (TPSA) is 111 Å². The van der Waals surface area contributed by atoms with E-state index < -0.39 is 20.0 Å². The van der Waals surface area contributed by atoms with E-state index in [1.165, 1.54) is 218 Å². The minimum atomic E-state index is -4.46. The monoisotopic (exact) mass is 1150 g/mol. The number of unbranched alkanes of at least 4 members (excludes halogenated alkanes) is 41. The van der Waals surface area contributed by atoms with Gasteiger partial charge >= 0.3 is 13.8 Å². The van der Waals surface area contributed by atoms with Crippen LogP contribution in [0.25, 0.3) is 0 Å². The van der Waals surface area contributed by atoms with E-state index in [4.69, 9.17) is 13.8 Å². The number of esters is 1. The van der Waals surface area contributed by atoms with Crippen molar-refractivity contribution >= 4 is 19.7 Å². The third-order valence-electron chi connectivity index (χ3n) is 15.5. The number of rotatable bonds is 63. The summed E-state index contributed by atoms with van der Waals surface area (Å²) < 4.78 is 30.8. The highest BCUT2D eigenvalue weighted by Crippen LogP contribution is 2.43. The zero-order chi connectivity index (χ0) is 58.6. The maximum atomic E-state index is 13.6. The third kappa shape index (κ3) is 60.6. The molecule has 0 aromatic heterocycles.